The van der Waals surface area contributed by atoms with Gasteiger partial charge >= 0.3 is 0 Å². The first-order valence-electron chi connectivity index (χ1n) is 10.1. The van der Waals surface area contributed by atoms with Crippen molar-refractivity contribution in [1.29, 1.82) is 0 Å². The first-order chi connectivity index (χ1) is 14.5. The molecule has 0 spiro atoms. The Morgan fingerprint density at radius 2 is 1.73 bits per heavy atom. The van der Waals surface area contributed by atoms with Gasteiger partial charge in [-0.2, -0.15) is 11.8 Å². The number of carbonyl (C=O) groups is 1. The fourth-order valence-corrected chi connectivity index (χ4v) is 5.87. The van der Waals surface area contributed by atoms with Gasteiger partial charge in [-0.1, -0.05) is 48.5 Å². The van der Waals surface area contributed by atoms with E-state index in [9.17, 15) is 17.6 Å². The van der Waals surface area contributed by atoms with Crippen molar-refractivity contribution in [3.8, 4) is 0 Å². The van der Waals surface area contributed by atoms with Gasteiger partial charge in [0.15, 0.2) is 0 Å². The molecule has 1 aliphatic rings. The molecule has 2 aromatic carbocycles. The first-order valence-corrected chi connectivity index (χ1v) is 12.8. The Morgan fingerprint density at radius 3 is 2.43 bits per heavy atom. The number of benzene rings is 2. The van der Waals surface area contributed by atoms with Crippen LogP contribution in [-0.2, 0) is 26.3 Å². The lowest BCUT2D eigenvalue weighted by molar-refractivity contribution is -0.125. The number of thioether (sulfide) groups is 1. The number of hydrogen-bond acceptors (Lipinski definition) is 4. The number of nitrogens with zero attached hydrogens (tertiary/aromatic N) is 1. The number of sulfonamides is 1. The second kappa shape index (κ2) is 10.9. The second-order valence-electron chi connectivity index (χ2n) is 7.35. The third-order valence-corrected chi connectivity index (χ3v) is 8.03. The first kappa shape index (κ1) is 22.8. The van der Waals surface area contributed by atoms with E-state index in [0.717, 1.165) is 5.56 Å². The molecule has 1 aliphatic heterocycles. The van der Waals surface area contributed by atoms with Gasteiger partial charge in [0, 0.05) is 37.1 Å². The van der Waals surface area contributed by atoms with E-state index in [-0.39, 0.29) is 23.4 Å². The highest BCUT2D eigenvalue weighted by atomic mass is 32.2. The lowest BCUT2D eigenvalue weighted by Crippen LogP contribution is -2.43. The van der Waals surface area contributed by atoms with Gasteiger partial charge in [0.2, 0.25) is 15.9 Å². The van der Waals surface area contributed by atoms with E-state index in [1.807, 2.05) is 36.4 Å². The number of rotatable bonds is 9. The van der Waals surface area contributed by atoms with Gasteiger partial charge in [0.25, 0.3) is 0 Å². The van der Waals surface area contributed by atoms with E-state index in [2.05, 4.69) is 5.32 Å². The monoisotopic (exact) mass is 450 g/mol. The van der Waals surface area contributed by atoms with Gasteiger partial charge < -0.3 is 5.32 Å². The van der Waals surface area contributed by atoms with Gasteiger partial charge in [0.1, 0.15) is 5.82 Å². The van der Waals surface area contributed by atoms with Gasteiger partial charge in [-0.05, 0) is 30.0 Å². The van der Waals surface area contributed by atoms with Gasteiger partial charge in [-0.3, -0.25) is 4.79 Å². The molecular weight excluding hydrogens is 423 g/mol. The van der Waals surface area contributed by atoms with Crippen molar-refractivity contribution in [2.75, 3.05) is 25.4 Å². The largest absolute Gasteiger partial charge is 0.355 e. The van der Waals surface area contributed by atoms with Crippen molar-refractivity contribution in [3.05, 3.63) is 71.5 Å². The number of hydrogen-bond donors (Lipinski definition) is 1. The van der Waals surface area contributed by atoms with Crippen LogP contribution in [0.25, 0.3) is 0 Å². The second-order valence-corrected chi connectivity index (χ2v) is 10.4. The van der Waals surface area contributed by atoms with Crippen LogP contribution in [0.1, 0.15) is 24.0 Å². The Balaban J connectivity index is 1.36. The van der Waals surface area contributed by atoms with Gasteiger partial charge in [-0.25, -0.2) is 17.1 Å². The van der Waals surface area contributed by atoms with Gasteiger partial charge in [-0.15, -0.1) is 0 Å². The molecule has 0 unspecified atom stereocenters. The Morgan fingerprint density at radius 1 is 1.07 bits per heavy atom. The minimum absolute atomic E-state index is 0.00999. The molecule has 0 saturated carbocycles. The average Bonchev–Trinajstić information content (AvgIpc) is 2.75. The van der Waals surface area contributed by atoms with Crippen LogP contribution in [-0.4, -0.2) is 44.0 Å². The normalized spacial score (nSPS) is 15.8. The summed E-state index contributed by atoms with van der Waals surface area (Å²) < 4.78 is 40.3. The van der Waals surface area contributed by atoms with E-state index < -0.39 is 10.0 Å². The SMILES string of the molecule is O=C(NCCSCc1ccccc1F)C1CCN(S(=O)(=O)Cc2ccccc2)CC1. The molecular formula is C22H27FN2O3S2. The van der Waals surface area contributed by atoms with Crippen molar-refractivity contribution in [3.63, 3.8) is 0 Å². The summed E-state index contributed by atoms with van der Waals surface area (Å²) in [6.45, 7) is 1.26. The highest BCUT2D eigenvalue weighted by Crippen LogP contribution is 2.22. The van der Waals surface area contributed by atoms with E-state index >= 15 is 0 Å². The van der Waals surface area contributed by atoms with E-state index in [1.54, 1.807) is 23.9 Å². The van der Waals surface area contributed by atoms with E-state index in [0.29, 0.717) is 49.5 Å². The fourth-order valence-electron chi connectivity index (χ4n) is 3.46. The summed E-state index contributed by atoms with van der Waals surface area (Å²) in [6.07, 6.45) is 1.06. The summed E-state index contributed by atoms with van der Waals surface area (Å²) in [5, 5.41) is 2.93. The molecule has 0 radical (unpaired) electrons. The molecule has 3 rings (SSSR count). The van der Waals surface area contributed by atoms with Crippen LogP contribution in [0.3, 0.4) is 0 Å². The van der Waals surface area contributed by atoms with Crippen molar-refractivity contribution in [1.82, 2.24) is 9.62 Å². The molecule has 1 heterocycles. The quantitative estimate of drug-likeness (QED) is 0.595. The zero-order valence-corrected chi connectivity index (χ0v) is 18.4. The number of nitrogens with one attached hydrogen (secondary N) is 1. The molecule has 0 aliphatic carbocycles. The molecule has 1 saturated heterocycles. The third kappa shape index (κ3) is 6.55. The summed E-state index contributed by atoms with van der Waals surface area (Å²) in [6, 6.07) is 15.8. The number of halogens is 1. The minimum Gasteiger partial charge on any atom is -0.355 e. The number of amides is 1. The Labute approximate surface area is 182 Å². The van der Waals surface area contributed by atoms with Crippen LogP contribution in [0.15, 0.2) is 54.6 Å². The smallest absolute Gasteiger partial charge is 0.223 e. The van der Waals surface area contributed by atoms with Crippen molar-refractivity contribution in [2.45, 2.75) is 24.3 Å². The maximum absolute atomic E-state index is 13.6. The summed E-state index contributed by atoms with van der Waals surface area (Å²) in [5.41, 5.74) is 1.43. The lowest BCUT2D eigenvalue weighted by Gasteiger charge is -2.30. The Kier molecular flexibility index (Phi) is 8.30. The highest BCUT2D eigenvalue weighted by molar-refractivity contribution is 7.98. The number of piperidine rings is 1. The maximum atomic E-state index is 13.6. The molecule has 0 bridgehead atoms. The molecule has 1 amide bonds. The summed E-state index contributed by atoms with van der Waals surface area (Å²) in [7, 11) is -3.37. The molecule has 1 N–H and O–H groups in total. The zero-order chi connectivity index (χ0) is 21.4. The predicted octanol–water partition coefficient (Wildman–Crippen LogP) is 3.42. The van der Waals surface area contributed by atoms with E-state index in [4.69, 9.17) is 0 Å². The highest BCUT2D eigenvalue weighted by Gasteiger charge is 2.30. The lowest BCUT2D eigenvalue weighted by atomic mass is 9.97. The minimum atomic E-state index is -3.37. The summed E-state index contributed by atoms with van der Waals surface area (Å²) >= 11 is 1.57. The molecule has 5 nitrogen and oxygen atoms in total. The zero-order valence-electron chi connectivity index (χ0n) is 16.8. The summed E-state index contributed by atoms with van der Waals surface area (Å²) in [4.78, 5) is 12.4. The predicted molar refractivity (Wildman–Crippen MR) is 119 cm³/mol. The molecule has 2 aromatic rings. The topological polar surface area (TPSA) is 66.5 Å². The average molecular weight is 451 g/mol. The summed E-state index contributed by atoms with van der Waals surface area (Å²) in [5.74, 6) is 0.864. The Hall–Kier alpha value is -1.90. The fraction of sp³-hybridized carbons (Fsp3) is 0.409. The van der Waals surface area contributed by atoms with Crippen LogP contribution in [0.2, 0.25) is 0 Å². The third-order valence-electron chi connectivity index (χ3n) is 5.17. The van der Waals surface area contributed by atoms with Crippen LogP contribution >= 0.6 is 11.8 Å². The van der Waals surface area contributed by atoms with Crippen molar-refractivity contribution >= 4 is 27.7 Å². The molecule has 8 heteroatoms. The molecule has 0 atom stereocenters. The standard InChI is InChI=1S/C22H27FN2O3S2/c23-21-9-5-4-8-20(21)16-29-15-12-24-22(26)19-10-13-25(14-11-19)30(27,28)17-18-6-2-1-3-7-18/h1-9,19H,10-17H2,(H,24,26). The molecule has 1 fully saturated rings. The van der Waals surface area contributed by atoms with E-state index in [1.165, 1.54) is 10.4 Å². The molecule has 0 aromatic heterocycles. The van der Waals surface area contributed by atoms with Gasteiger partial charge in [0.05, 0.1) is 5.75 Å². The number of carbonyl (C=O) groups excluding carboxylic acids is 1. The van der Waals surface area contributed by atoms with Crippen LogP contribution in [0.5, 0.6) is 0 Å². The molecule has 162 valence electrons. The molecule has 30 heavy (non-hydrogen) atoms. The van der Waals surface area contributed by atoms with Crippen LogP contribution < -0.4 is 5.32 Å². The van der Waals surface area contributed by atoms with Crippen LogP contribution in [0.4, 0.5) is 4.39 Å². The maximum Gasteiger partial charge on any atom is 0.223 e. The Bertz CT molecular complexity index is 930. The van der Waals surface area contributed by atoms with Crippen molar-refractivity contribution in [2.24, 2.45) is 5.92 Å². The van der Waals surface area contributed by atoms with Crippen molar-refractivity contribution < 1.29 is 17.6 Å². The van der Waals surface area contributed by atoms with Crippen LogP contribution in [0, 0.1) is 11.7 Å².